The number of methoxy groups -OCH3 is 1. The molecule has 0 radical (unpaired) electrons. The summed E-state index contributed by atoms with van der Waals surface area (Å²) in [5.41, 5.74) is 4.34. The number of nitrogens with one attached hydrogen (secondary N) is 2. The van der Waals surface area contributed by atoms with E-state index in [1.165, 1.54) is 0 Å². The molecule has 0 aliphatic carbocycles. The lowest BCUT2D eigenvalue weighted by molar-refractivity contribution is 0.340. The van der Waals surface area contributed by atoms with Gasteiger partial charge in [0.05, 0.1) is 20.3 Å². The van der Waals surface area contributed by atoms with E-state index in [9.17, 15) is 4.79 Å². The van der Waals surface area contributed by atoms with Crippen LogP contribution in [0, 0.1) is 6.92 Å². The number of hydrogen-bond acceptors (Lipinski definition) is 4. The summed E-state index contributed by atoms with van der Waals surface area (Å²) in [6.07, 6.45) is 0. The van der Waals surface area contributed by atoms with E-state index in [4.69, 9.17) is 21.7 Å². The van der Waals surface area contributed by atoms with Gasteiger partial charge in [-0.25, -0.2) is 0 Å². The Balaban J connectivity index is 1.65. The third-order valence-corrected chi connectivity index (χ3v) is 6.01. The molecule has 6 nitrogen and oxygen atoms in total. The maximum absolute atomic E-state index is 12.9. The molecule has 180 valence electrons. The standard InChI is InChI=1S/C28H29N3O3S/c1-4-34-25-12-13-26-21(16-25)15-22(27(32)30-26)18-31(17-20-8-10-24(33-3)11-9-20)28(35)29-23-7-5-6-19(2)14-23/h5-16H,4,17-18H2,1-3H3,(H,29,35)(H,30,32). The van der Waals surface area contributed by atoms with Gasteiger partial charge in [0.15, 0.2) is 5.11 Å². The predicted molar refractivity (Wildman–Crippen MR) is 145 cm³/mol. The Bertz CT molecular complexity index is 1380. The fourth-order valence-electron chi connectivity index (χ4n) is 3.89. The molecule has 0 aliphatic heterocycles. The molecule has 0 amide bonds. The van der Waals surface area contributed by atoms with Crippen LogP contribution in [-0.2, 0) is 13.1 Å². The minimum atomic E-state index is -0.139. The fraction of sp³-hybridized carbons (Fsp3) is 0.214. The van der Waals surface area contributed by atoms with Gasteiger partial charge in [-0.15, -0.1) is 0 Å². The van der Waals surface area contributed by atoms with Crippen molar-refractivity contribution in [2.45, 2.75) is 26.9 Å². The average Bonchev–Trinajstić information content (AvgIpc) is 2.85. The molecule has 7 heteroatoms. The number of fused-ring (bicyclic) bond motifs is 1. The minimum Gasteiger partial charge on any atom is -0.497 e. The van der Waals surface area contributed by atoms with Crippen molar-refractivity contribution in [1.82, 2.24) is 9.88 Å². The number of pyridine rings is 1. The van der Waals surface area contributed by atoms with Crippen LogP contribution in [0.1, 0.15) is 23.6 Å². The Labute approximate surface area is 210 Å². The first-order chi connectivity index (χ1) is 16.9. The van der Waals surface area contributed by atoms with Gasteiger partial charge < -0.3 is 24.7 Å². The highest BCUT2D eigenvalue weighted by Crippen LogP contribution is 2.21. The SMILES string of the molecule is CCOc1ccc2[nH]c(=O)c(CN(Cc3ccc(OC)cc3)C(=S)Nc3cccc(C)c3)cc2c1. The maximum Gasteiger partial charge on any atom is 0.253 e. The smallest absolute Gasteiger partial charge is 0.253 e. The van der Waals surface area contributed by atoms with Crippen molar-refractivity contribution in [2.24, 2.45) is 0 Å². The van der Waals surface area contributed by atoms with Gasteiger partial charge in [-0.05, 0) is 85.7 Å². The molecule has 2 N–H and O–H groups in total. The molecule has 0 fully saturated rings. The van der Waals surface area contributed by atoms with Crippen LogP contribution in [0.2, 0.25) is 0 Å². The molecule has 0 saturated heterocycles. The van der Waals surface area contributed by atoms with Crippen molar-refractivity contribution in [3.63, 3.8) is 0 Å². The van der Waals surface area contributed by atoms with E-state index in [2.05, 4.69) is 10.3 Å². The van der Waals surface area contributed by atoms with Gasteiger partial charge in [-0.2, -0.15) is 0 Å². The van der Waals surface area contributed by atoms with Gasteiger partial charge in [-0.3, -0.25) is 4.79 Å². The molecule has 0 aliphatic rings. The number of H-pyrrole nitrogens is 1. The van der Waals surface area contributed by atoms with Crippen molar-refractivity contribution in [2.75, 3.05) is 19.0 Å². The van der Waals surface area contributed by atoms with Crippen molar-refractivity contribution in [3.05, 3.63) is 99.8 Å². The molecule has 0 unspecified atom stereocenters. The number of aryl methyl sites for hydroxylation is 1. The lowest BCUT2D eigenvalue weighted by Gasteiger charge is -2.26. The summed E-state index contributed by atoms with van der Waals surface area (Å²) >= 11 is 5.80. The molecular formula is C28H29N3O3S. The Morgan fingerprint density at radius 2 is 1.77 bits per heavy atom. The maximum atomic E-state index is 12.9. The van der Waals surface area contributed by atoms with Crippen LogP contribution in [0.5, 0.6) is 11.5 Å². The van der Waals surface area contributed by atoms with Crippen molar-refractivity contribution >= 4 is 33.9 Å². The summed E-state index contributed by atoms with van der Waals surface area (Å²) in [6.45, 7) is 5.43. The summed E-state index contributed by atoms with van der Waals surface area (Å²) < 4.78 is 10.9. The summed E-state index contributed by atoms with van der Waals surface area (Å²) in [7, 11) is 1.64. The molecule has 4 aromatic rings. The second-order valence-electron chi connectivity index (χ2n) is 8.31. The fourth-order valence-corrected chi connectivity index (χ4v) is 4.13. The Kier molecular flexibility index (Phi) is 7.67. The van der Waals surface area contributed by atoms with Gasteiger partial charge in [0.25, 0.3) is 5.56 Å². The number of aromatic amines is 1. The van der Waals surface area contributed by atoms with E-state index >= 15 is 0 Å². The molecule has 35 heavy (non-hydrogen) atoms. The van der Waals surface area contributed by atoms with Crippen LogP contribution in [0.25, 0.3) is 10.9 Å². The zero-order valence-electron chi connectivity index (χ0n) is 20.1. The quantitative estimate of drug-likeness (QED) is 0.314. The normalized spacial score (nSPS) is 10.7. The number of aromatic nitrogens is 1. The van der Waals surface area contributed by atoms with Gasteiger partial charge >= 0.3 is 0 Å². The van der Waals surface area contributed by atoms with Crippen molar-refractivity contribution in [3.8, 4) is 11.5 Å². The van der Waals surface area contributed by atoms with Crippen molar-refractivity contribution < 1.29 is 9.47 Å². The van der Waals surface area contributed by atoms with E-state index in [0.717, 1.165) is 39.2 Å². The van der Waals surface area contributed by atoms with E-state index in [1.54, 1.807) is 7.11 Å². The molecule has 0 bridgehead atoms. The average molecular weight is 488 g/mol. The van der Waals surface area contributed by atoms with Crippen LogP contribution >= 0.6 is 12.2 Å². The number of nitrogens with zero attached hydrogens (tertiary/aromatic N) is 1. The zero-order valence-corrected chi connectivity index (χ0v) is 20.9. The lowest BCUT2D eigenvalue weighted by Crippen LogP contribution is -2.35. The molecule has 3 aromatic carbocycles. The van der Waals surface area contributed by atoms with Gasteiger partial charge in [0.1, 0.15) is 11.5 Å². The largest absolute Gasteiger partial charge is 0.497 e. The molecular weight excluding hydrogens is 458 g/mol. The molecule has 0 spiro atoms. The molecule has 4 rings (SSSR count). The second kappa shape index (κ2) is 11.1. The Morgan fingerprint density at radius 3 is 2.49 bits per heavy atom. The third kappa shape index (κ3) is 6.19. The van der Waals surface area contributed by atoms with Crippen LogP contribution in [0.3, 0.4) is 0 Å². The zero-order chi connectivity index (χ0) is 24.8. The van der Waals surface area contributed by atoms with Gasteiger partial charge in [-0.1, -0.05) is 24.3 Å². The number of thiocarbonyl (C=S) groups is 1. The number of hydrogen-bond donors (Lipinski definition) is 2. The molecule has 1 aromatic heterocycles. The topological polar surface area (TPSA) is 66.6 Å². The number of ether oxygens (including phenoxy) is 2. The van der Waals surface area contributed by atoms with Crippen LogP contribution < -0.4 is 20.3 Å². The summed E-state index contributed by atoms with van der Waals surface area (Å²) in [6, 6.07) is 23.4. The van der Waals surface area contributed by atoms with E-state index in [-0.39, 0.29) is 5.56 Å². The predicted octanol–water partition coefficient (Wildman–Crippen LogP) is 5.64. The minimum absolute atomic E-state index is 0.139. The van der Waals surface area contributed by atoms with Crippen LogP contribution in [0.15, 0.2) is 77.6 Å². The number of benzene rings is 3. The lowest BCUT2D eigenvalue weighted by atomic mass is 10.1. The monoisotopic (exact) mass is 487 g/mol. The summed E-state index contributed by atoms with van der Waals surface area (Å²) in [5, 5.41) is 4.77. The van der Waals surface area contributed by atoms with E-state index < -0.39 is 0 Å². The van der Waals surface area contributed by atoms with Crippen molar-refractivity contribution in [1.29, 1.82) is 0 Å². The number of anilines is 1. The highest BCUT2D eigenvalue weighted by molar-refractivity contribution is 7.80. The highest BCUT2D eigenvalue weighted by Gasteiger charge is 2.15. The van der Waals surface area contributed by atoms with Crippen LogP contribution in [-0.4, -0.2) is 28.7 Å². The second-order valence-corrected chi connectivity index (χ2v) is 8.70. The first-order valence-electron chi connectivity index (χ1n) is 11.5. The Hall–Kier alpha value is -3.84. The summed E-state index contributed by atoms with van der Waals surface area (Å²) in [5.74, 6) is 1.56. The van der Waals surface area contributed by atoms with Gasteiger partial charge in [0, 0.05) is 28.7 Å². The van der Waals surface area contributed by atoms with Crippen LogP contribution in [0.4, 0.5) is 5.69 Å². The first-order valence-corrected chi connectivity index (χ1v) is 11.9. The van der Waals surface area contributed by atoms with E-state index in [1.807, 2.05) is 91.5 Å². The molecule has 0 saturated carbocycles. The number of rotatable bonds is 8. The molecule has 0 atom stereocenters. The third-order valence-electron chi connectivity index (χ3n) is 5.65. The highest BCUT2D eigenvalue weighted by atomic mass is 32.1. The van der Waals surface area contributed by atoms with E-state index in [0.29, 0.717) is 30.4 Å². The summed E-state index contributed by atoms with van der Waals surface area (Å²) in [4.78, 5) is 17.9. The van der Waals surface area contributed by atoms with Gasteiger partial charge in [0.2, 0.25) is 0 Å². The molecule has 1 heterocycles. The Morgan fingerprint density at radius 1 is 1.00 bits per heavy atom. The first kappa shape index (κ1) is 24.3.